The number of benzene rings is 2. The zero-order valence-electron chi connectivity index (χ0n) is 22.9. The van der Waals surface area contributed by atoms with E-state index in [4.69, 9.17) is 21.1 Å². The average Bonchev–Trinajstić information content (AvgIpc) is 3.20. The first-order valence-electron chi connectivity index (χ1n) is 13.4. The van der Waals surface area contributed by atoms with Crippen molar-refractivity contribution in [1.82, 2.24) is 20.0 Å². The van der Waals surface area contributed by atoms with Crippen molar-refractivity contribution < 1.29 is 23.9 Å². The third kappa shape index (κ3) is 6.66. The second-order valence-electron chi connectivity index (χ2n) is 9.57. The molecule has 1 saturated heterocycles. The van der Waals surface area contributed by atoms with Crippen molar-refractivity contribution in [2.75, 3.05) is 53.0 Å². The molecule has 0 bridgehead atoms. The molecule has 1 unspecified atom stereocenters. The summed E-state index contributed by atoms with van der Waals surface area (Å²) in [5.74, 6) is 0.0765. The summed E-state index contributed by atoms with van der Waals surface area (Å²) < 4.78 is 10.7. The highest BCUT2D eigenvalue weighted by molar-refractivity contribution is 6.30. The van der Waals surface area contributed by atoms with E-state index in [9.17, 15) is 14.4 Å². The number of halogens is 1. The molecule has 40 heavy (non-hydrogen) atoms. The predicted octanol–water partition coefficient (Wildman–Crippen LogP) is 4.27. The van der Waals surface area contributed by atoms with Gasteiger partial charge in [0.25, 0.3) is 5.91 Å². The minimum atomic E-state index is -0.723. The quantitative estimate of drug-likeness (QED) is 0.360. The monoisotopic (exact) mass is 566 g/mol. The van der Waals surface area contributed by atoms with Crippen molar-refractivity contribution in [2.24, 2.45) is 0 Å². The molecule has 0 saturated carbocycles. The Morgan fingerprint density at radius 1 is 1.12 bits per heavy atom. The second-order valence-corrected chi connectivity index (χ2v) is 10.0. The molecule has 4 rings (SSSR count). The van der Waals surface area contributed by atoms with Gasteiger partial charge in [0.2, 0.25) is 0 Å². The summed E-state index contributed by atoms with van der Waals surface area (Å²) in [4.78, 5) is 45.5. The van der Waals surface area contributed by atoms with Gasteiger partial charge in [-0.25, -0.2) is 9.59 Å². The Bertz CT molecular complexity index is 1300. The molecule has 212 valence electrons. The summed E-state index contributed by atoms with van der Waals surface area (Å²) in [6.07, 6.45) is 2.36. The van der Waals surface area contributed by atoms with Gasteiger partial charge in [-0.15, -0.1) is 6.58 Å². The van der Waals surface area contributed by atoms with E-state index in [1.54, 1.807) is 56.5 Å². The van der Waals surface area contributed by atoms with Crippen LogP contribution in [0.1, 0.15) is 35.3 Å². The van der Waals surface area contributed by atoms with Gasteiger partial charge in [-0.1, -0.05) is 35.9 Å². The number of nitrogens with one attached hydrogen (secondary N) is 1. The van der Waals surface area contributed by atoms with E-state index >= 15 is 0 Å². The third-order valence-corrected chi connectivity index (χ3v) is 7.23. The maximum Gasteiger partial charge on any atom is 0.338 e. The first-order valence-corrected chi connectivity index (χ1v) is 13.7. The average molecular weight is 567 g/mol. The number of rotatable bonds is 9. The largest absolute Gasteiger partial charge is 0.497 e. The number of urea groups is 1. The van der Waals surface area contributed by atoms with Crippen molar-refractivity contribution in [3.8, 4) is 5.75 Å². The minimum absolute atomic E-state index is 0.0569. The van der Waals surface area contributed by atoms with Crippen LogP contribution in [0.3, 0.4) is 0 Å². The summed E-state index contributed by atoms with van der Waals surface area (Å²) in [5, 5.41) is 3.45. The van der Waals surface area contributed by atoms with E-state index in [0.29, 0.717) is 65.9 Å². The summed E-state index contributed by atoms with van der Waals surface area (Å²) >= 11 is 6.26. The number of esters is 1. The second kappa shape index (κ2) is 13.5. The van der Waals surface area contributed by atoms with Gasteiger partial charge >= 0.3 is 12.0 Å². The van der Waals surface area contributed by atoms with Gasteiger partial charge in [-0.3, -0.25) is 14.6 Å². The lowest BCUT2D eigenvalue weighted by Crippen LogP contribution is -2.51. The lowest BCUT2D eigenvalue weighted by atomic mass is 9.94. The number of carbonyl (C=O) groups is 3. The fraction of sp³-hybridized carbons (Fsp3) is 0.367. The Hall–Kier alpha value is -3.82. The first-order chi connectivity index (χ1) is 19.4. The Morgan fingerprint density at radius 2 is 1.93 bits per heavy atom. The van der Waals surface area contributed by atoms with E-state index in [0.717, 1.165) is 6.42 Å². The fourth-order valence-electron chi connectivity index (χ4n) is 5.06. The molecule has 3 amide bonds. The first kappa shape index (κ1) is 29.2. The Labute approximate surface area is 240 Å². The number of methoxy groups -OCH3 is 1. The molecule has 2 aliphatic rings. The number of nitrogens with zero attached hydrogens (tertiary/aromatic N) is 3. The van der Waals surface area contributed by atoms with Crippen LogP contribution in [0, 0.1) is 0 Å². The number of hydrogen-bond donors (Lipinski definition) is 1. The van der Waals surface area contributed by atoms with Gasteiger partial charge < -0.3 is 19.7 Å². The van der Waals surface area contributed by atoms with Crippen molar-refractivity contribution in [2.45, 2.75) is 19.4 Å². The lowest BCUT2D eigenvalue weighted by Gasteiger charge is -2.38. The minimum Gasteiger partial charge on any atom is -0.497 e. The Morgan fingerprint density at radius 3 is 2.65 bits per heavy atom. The van der Waals surface area contributed by atoms with Crippen LogP contribution in [-0.4, -0.2) is 85.6 Å². The number of carbonyl (C=O) groups excluding carboxylic acids is 3. The summed E-state index contributed by atoms with van der Waals surface area (Å²) in [5.41, 5.74) is 2.18. The van der Waals surface area contributed by atoms with Crippen molar-refractivity contribution in [1.29, 1.82) is 0 Å². The fourth-order valence-corrected chi connectivity index (χ4v) is 5.26. The van der Waals surface area contributed by atoms with E-state index in [1.807, 2.05) is 17.0 Å². The molecule has 1 atom stereocenters. The molecule has 0 spiro atoms. The summed E-state index contributed by atoms with van der Waals surface area (Å²) in [6.45, 7) is 8.65. The van der Waals surface area contributed by atoms with Crippen LogP contribution in [0.2, 0.25) is 5.02 Å². The van der Waals surface area contributed by atoms with Gasteiger partial charge in [0.1, 0.15) is 5.75 Å². The maximum atomic E-state index is 13.4. The molecule has 2 aromatic rings. The zero-order chi connectivity index (χ0) is 28.6. The van der Waals surface area contributed by atoms with E-state index < -0.39 is 12.0 Å². The van der Waals surface area contributed by atoms with Gasteiger partial charge in [0.15, 0.2) is 0 Å². The molecule has 10 heteroatoms. The molecule has 2 aromatic carbocycles. The van der Waals surface area contributed by atoms with E-state index in [-0.39, 0.29) is 25.1 Å². The maximum absolute atomic E-state index is 13.4. The van der Waals surface area contributed by atoms with E-state index in [1.165, 1.54) is 4.90 Å². The van der Waals surface area contributed by atoms with Crippen LogP contribution in [0.15, 0.2) is 72.5 Å². The van der Waals surface area contributed by atoms with Crippen LogP contribution in [-0.2, 0) is 9.53 Å². The zero-order valence-corrected chi connectivity index (χ0v) is 23.7. The van der Waals surface area contributed by atoms with Crippen LogP contribution in [0.4, 0.5) is 4.79 Å². The molecule has 0 radical (unpaired) electrons. The smallest absolute Gasteiger partial charge is 0.338 e. The van der Waals surface area contributed by atoms with Crippen LogP contribution in [0.25, 0.3) is 0 Å². The van der Waals surface area contributed by atoms with Crippen molar-refractivity contribution >= 4 is 29.5 Å². The number of amides is 3. The molecular formula is C30H35ClN4O5. The molecule has 1 fully saturated rings. The van der Waals surface area contributed by atoms with Gasteiger partial charge in [0.05, 0.1) is 25.3 Å². The molecule has 9 nitrogen and oxygen atoms in total. The van der Waals surface area contributed by atoms with Gasteiger partial charge in [0, 0.05) is 55.6 Å². The molecule has 1 N–H and O–H groups in total. The van der Waals surface area contributed by atoms with Gasteiger partial charge in [-0.2, -0.15) is 0 Å². The third-order valence-electron chi connectivity index (χ3n) is 6.99. The highest BCUT2D eigenvalue weighted by atomic mass is 35.5. The molecule has 0 aromatic heterocycles. The van der Waals surface area contributed by atoms with Crippen LogP contribution in [0.5, 0.6) is 5.75 Å². The van der Waals surface area contributed by atoms with Crippen LogP contribution >= 0.6 is 11.6 Å². The highest BCUT2D eigenvalue weighted by Crippen LogP contribution is 2.33. The highest BCUT2D eigenvalue weighted by Gasteiger charge is 2.38. The van der Waals surface area contributed by atoms with Crippen molar-refractivity contribution in [3.63, 3.8) is 0 Å². The SMILES string of the molecule is C=CCN1C(=O)NC(c2cccc(Cl)c2)C(C(=O)OCC)=C1CN1CCCN(C(=O)c2cccc(OC)c2)CC1. The van der Waals surface area contributed by atoms with E-state index in [2.05, 4.69) is 16.8 Å². The Balaban J connectivity index is 1.63. The lowest BCUT2D eigenvalue weighted by molar-refractivity contribution is -0.139. The molecular weight excluding hydrogens is 532 g/mol. The predicted molar refractivity (Wildman–Crippen MR) is 153 cm³/mol. The van der Waals surface area contributed by atoms with Gasteiger partial charge in [-0.05, 0) is 49.2 Å². The summed E-state index contributed by atoms with van der Waals surface area (Å²) in [6, 6.07) is 13.2. The topological polar surface area (TPSA) is 91.4 Å². The Kier molecular flexibility index (Phi) is 9.84. The molecule has 2 heterocycles. The van der Waals surface area contributed by atoms with Crippen LogP contribution < -0.4 is 10.1 Å². The van der Waals surface area contributed by atoms with Crippen molar-refractivity contribution in [3.05, 3.63) is 88.6 Å². The molecule has 2 aliphatic heterocycles. The summed E-state index contributed by atoms with van der Waals surface area (Å²) in [7, 11) is 1.57. The number of hydrogen-bond acceptors (Lipinski definition) is 6. The normalized spacial score (nSPS) is 18.2. The standard InChI is InChI=1S/C30H35ClN4O5/c1-4-13-35-25(26(29(37)40-5-2)27(32-30(35)38)21-9-6-11-23(31)18-21)20-33-14-8-15-34(17-16-33)28(36)22-10-7-12-24(19-22)39-3/h4,6-7,9-12,18-19,27H,1,5,8,13-17,20H2,2-3H3,(H,32,38). The molecule has 0 aliphatic carbocycles. The number of ether oxygens (including phenoxy) is 2.